The molecule has 1 aliphatic heterocycles. The number of nitrogens with zero attached hydrogens (tertiary/aromatic N) is 1. The lowest BCUT2D eigenvalue weighted by Crippen LogP contribution is -2.29. The van der Waals surface area contributed by atoms with Crippen molar-refractivity contribution in [1.82, 2.24) is 4.89 Å². The van der Waals surface area contributed by atoms with E-state index >= 15 is 0 Å². The number of carbonyl (C=O) groups is 1. The fourth-order valence-corrected chi connectivity index (χ4v) is 3.89. The van der Waals surface area contributed by atoms with Gasteiger partial charge in [0.05, 0.1) is 12.0 Å². The van der Waals surface area contributed by atoms with Gasteiger partial charge < -0.3 is 4.90 Å². The zero-order valence-corrected chi connectivity index (χ0v) is 15.2. The van der Waals surface area contributed by atoms with Gasteiger partial charge in [0.15, 0.2) is 0 Å². The Morgan fingerprint density at radius 3 is 2.58 bits per heavy atom. The van der Waals surface area contributed by atoms with Crippen molar-refractivity contribution < 1.29 is 18.0 Å². The monoisotopic (exact) mass is 410 g/mol. The number of fused-ring (bicyclic) bond motifs is 1. The predicted octanol–water partition coefficient (Wildman–Crippen LogP) is 2.49. The fourth-order valence-electron chi connectivity index (χ4n) is 2.67. The van der Waals surface area contributed by atoms with Gasteiger partial charge in [0.25, 0.3) is 15.9 Å². The van der Waals surface area contributed by atoms with Gasteiger partial charge in [-0.2, -0.15) is 0 Å². The molecule has 0 atom stereocenters. The Labute approximate surface area is 148 Å². The molecule has 0 saturated heterocycles. The maximum absolute atomic E-state index is 12.7. The standard InChI is InChI=1S/C16H15BrN2O4S/c1-23-18-24(21,22)14-5-2-11(3-6-14)16(20)19-9-8-12-10-13(17)4-7-15(12)19/h2-7,10,18H,8-9H2,1H3. The van der Waals surface area contributed by atoms with E-state index in [9.17, 15) is 13.2 Å². The number of hydrogen-bond donors (Lipinski definition) is 1. The van der Waals surface area contributed by atoms with Crippen LogP contribution in [-0.2, 0) is 21.3 Å². The molecule has 1 aliphatic rings. The van der Waals surface area contributed by atoms with Crippen LogP contribution in [0.4, 0.5) is 5.69 Å². The molecule has 2 aromatic rings. The van der Waals surface area contributed by atoms with Gasteiger partial charge in [-0.15, -0.1) is 0 Å². The van der Waals surface area contributed by atoms with Crippen LogP contribution in [0, 0.1) is 0 Å². The molecule has 2 aromatic carbocycles. The number of amides is 1. The average molecular weight is 411 g/mol. The van der Waals surface area contributed by atoms with E-state index in [1.54, 1.807) is 4.90 Å². The molecule has 1 amide bonds. The Hall–Kier alpha value is -1.74. The third-order valence-electron chi connectivity index (χ3n) is 3.79. The first kappa shape index (κ1) is 17.1. The third-order valence-corrected chi connectivity index (χ3v) is 5.56. The highest BCUT2D eigenvalue weighted by atomic mass is 79.9. The van der Waals surface area contributed by atoms with E-state index in [0.717, 1.165) is 22.1 Å². The summed E-state index contributed by atoms with van der Waals surface area (Å²) in [6.07, 6.45) is 0.796. The molecule has 1 heterocycles. The highest BCUT2D eigenvalue weighted by Crippen LogP contribution is 2.31. The maximum Gasteiger partial charge on any atom is 0.262 e. The second kappa shape index (κ2) is 6.64. The van der Waals surface area contributed by atoms with E-state index in [0.29, 0.717) is 12.1 Å². The molecular weight excluding hydrogens is 396 g/mol. The van der Waals surface area contributed by atoms with Gasteiger partial charge in [0.1, 0.15) is 0 Å². The quantitative estimate of drug-likeness (QED) is 0.785. The summed E-state index contributed by atoms with van der Waals surface area (Å²) < 4.78 is 24.6. The summed E-state index contributed by atoms with van der Waals surface area (Å²) in [6, 6.07) is 11.6. The minimum Gasteiger partial charge on any atom is -0.308 e. The number of halogens is 1. The van der Waals surface area contributed by atoms with Gasteiger partial charge in [0.2, 0.25) is 0 Å². The third kappa shape index (κ3) is 3.23. The molecule has 6 nitrogen and oxygen atoms in total. The molecule has 0 aromatic heterocycles. The summed E-state index contributed by atoms with van der Waals surface area (Å²) in [5, 5.41) is 0. The zero-order valence-electron chi connectivity index (χ0n) is 12.8. The van der Waals surface area contributed by atoms with Crippen molar-refractivity contribution in [2.75, 3.05) is 18.6 Å². The molecule has 126 valence electrons. The summed E-state index contributed by atoms with van der Waals surface area (Å²) in [4.78, 5) is 20.8. The smallest absolute Gasteiger partial charge is 0.262 e. The Balaban J connectivity index is 1.85. The Kier molecular flexibility index (Phi) is 4.73. The molecule has 0 spiro atoms. The molecule has 0 aliphatic carbocycles. The first-order chi connectivity index (χ1) is 11.4. The minimum atomic E-state index is -3.73. The summed E-state index contributed by atoms with van der Waals surface area (Å²) >= 11 is 3.43. The highest BCUT2D eigenvalue weighted by molar-refractivity contribution is 9.10. The van der Waals surface area contributed by atoms with Crippen molar-refractivity contribution in [3.8, 4) is 0 Å². The Bertz CT molecular complexity index is 881. The molecule has 3 rings (SSSR count). The van der Waals surface area contributed by atoms with Crippen molar-refractivity contribution in [3.05, 3.63) is 58.1 Å². The van der Waals surface area contributed by atoms with Gasteiger partial charge in [-0.3, -0.25) is 9.63 Å². The number of carbonyl (C=O) groups excluding carboxylic acids is 1. The summed E-state index contributed by atoms with van der Waals surface area (Å²) in [5.74, 6) is -0.153. The van der Waals surface area contributed by atoms with E-state index in [2.05, 4.69) is 20.8 Å². The van der Waals surface area contributed by atoms with Crippen LogP contribution in [-0.4, -0.2) is 28.0 Å². The van der Waals surface area contributed by atoms with Crippen LogP contribution in [0.3, 0.4) is 0 Å². The lowest BCUT2D eigenvalue weighted by Gasteiger charge is -2.17. The minimum absolute atomic E-state index is 0.0339. The normalized spacial score (nSPS) is 13.8. The van der Waals surface area contributed by atoms with Gasteiger partial charge in [-0.1, -0.05) is 20.8 Å². The predicted molar refractivity (Wildman–Crippen MR) is 93.3 cm³/mol. The summed E-state index contributed by atoms with van der Waals surface area (Å²) in [5.41, 5.74) is 2.43. The second-order valence-corrected chi connectivity index (χ2v) is 7.86. The lowest BCUT2D eigenvalue weighted by atomic mass is 10.1. The molecular formula is C16H15BrN2O4S. The molecule has 0 unspecified atom stereocenters. The summed E-state index contributed by atoms with van der Waals surface area (Å²) in [6.45, 7) is 0.607. The number of benzene rings is 2. The van der Waals surface area contributed by atoms with E-state index in [1.807, 2.05) is 23.1 Å². The molecule has 0 saturated carbocycles. The maximum atomic E-state index is 12.7. The van der Waals surface area contributed by atoms with Crippen molar-refractivity contribution >= 4 is 37.5 Å². The molecule has 1 N–H and O–H groups in total. The van der Waals surface area contributed by atoms with Crippen LogP contribution in [0.5, 0.6) is 0 Å². The number of nitrogens with one attached hydrogen (secondary N) is 1. The Morgan fingerprint density at radius 2 is 1.92 bits per heavy atom. The van der Waals surface area contributed by atoms with Crippen molar-refractivity contribution in [3.63, 3.8) is 0 Å². The average Bonchev–Trinajstić information content (AvgIpc) is 2.97. The van der Waals surface area contributed by atoms with Gasteiger partial charge >= 0.3 is 0 Å². The first-order valence-corrected chi connectivity index (χ1v) is 9.45. The second-order valence-electron chi connectivity index (χ2n) is 5.30. The number of rotatable bonds is 4. The van der Waals surface area contributed by atoms with E-state index < -0.39 is 10.0 Å². The largest absolute Gasteiger partial charge is 0.308 e. The highest BCUT2D eigenvalue weighted by Gasteiger charge is 2.26. The van der Waals surface area contributed by atoms with Gasteiger partial charge in [-0.25, -0.2) is 8.42 Å². The van der Waals surface area contributed by atoms with Crippen LogP contribution in [0.2, 0.25) is 0 Å². The van der Waals surface area contributed by atoms with Crippen LogP contribution >= 0.6 is 15.9 Å². The van der Waals surface area contributed by atoms with E-state index in [-0.39, 0.29) is 10.8 Å². The molecule has 0 fully saturated rings. The first-order valence-electron chi connectivity index (χ1n) is 7.17. The number of anilines is 1. The van der Waals surface area contributed by atoms with Crippen LogP contribution in [0.1, 0.15) is 15.9 Å². The summed E-state index contributed by atoms with van der Waals surface area (Å²) in [7, 11) is -2.51. The van der Waals surface area contributed by atoms with E-state index in [4.69, 9.17) is 0 Å². The molecule has 24 heavy (non-hydrogen) atoms. The number of hydrogen-bond acceptors (Lipinski definition) is 4. The SMILES string of the molecule is CONS(=O)(=O)c1ccc(C(=O)N2CCc3cc(Br)ccc32)cc1. The van der Waals surface area contributed by atoms with Crippen molar-refractivity contribution in [2.24, 2.45) is 0 Å². The molecule has 8 heteroatoms. The van der Waals surface area contributed by atoms with Crippen LogP contribution < -0.4 is 9.79 Å². The van der Waals surface area contributed by atoms with Gasteiger partial charge in [0, 0.05) is 22.3 Å². The topological polar surface area (TPSA) is 75.7 Å². The molecule has 0 bridgehead atoms. The van der Waals surface area contributed by atoms with Crippen LogP contribution in [0.25, 0.3) is 0 Å². The van der Waals surface area contributed by atoms with Crippen molar-refractivity contribution in [1.29, 1.82) is 0 Å². The lowest BCUT2D eigenvalue weighted by molar-refractivity contribution is 0.0989. The fraction of sp³-hybridized carbons (Fsp3) is 0.188. The van der Waals surface area contributed by atoms with Crippen molar-refractivity contribution in [2.45, 2.75) is 11.3 Å². The van der Waals surface area contributed by atoms with E-state index in [1.165, 1.54) is 31.4 Å². The molecule has 0 radical (unpaired) electrons. The van der Waals surface area contributed by atoms with Gasteiger partial charge in [-0.05, 0) is 54.4 Å². The van der Waals surface area contributed by atoms with Crippen LogP contribution in [0.15, 0.2) is 51.8 Å². The Morgan fingerprint density at radius 1 is 1.21 bits per heavy atom. The zero-order chi connectivity index (χ0) is 17.3. The number of sulfonamides is 1.